The molecular weight excluding hydrogens is 765 g/mol. The Labute approximate surface area is 365 Å². The van der Waals surface area contributed by atoms with Gasteiger partial charge in [-0.3, -0.25) is 0 Å². The van der Waals surface area contributed by atoms with Crippen LogP contribution in [0.15, 0.2) is 231 Å². The van der Waals surface area contributed by atoms with Crippen LogP contribution in [0.25, 0.3) is 117 Å². The van der Waals surface area contributed by atoms with E-state index in [1.165, 1.54) is 21.9 Å². The van der Waals surface area contributed by atoms with Gasteiger partial charge in [-0.1, -0.05) is 182 Å². The maximum atomic E-state index is 5.39. The number of rotatable bonds is 7. The van der Waals surface area contributed by atoms with Crippen LogP contribution in [0.3, 0.4) is 0 Å². The molecule has 0 fully saturated rings. The Kier molecular flexibility index (Phi) is 8.79. The predicted molar refractivity (Wildman–Crippen MR) is 262 cm³/mol. The summed E-state index contributed by atoms with van der Waals surface area (Å²) in [5.74, 6) is 0.694. The molecular formula is C59H38N4. The smallest absolute Gasteiger partial charge is 0.160 e. The topological polar surface area (TPSA) is 43.6 Å². The molecule has 0 radical (unpaired) electrons. The van der Waals surface area contributed by atoms with Gasteiger partial charge in [0.1, 0.15) is 0 Å². The van der Waals surface area contributed by atoms with Crippen LogP contribution >= 0.6 is 0 Å². The summed E-state index contributed by atoms with van der Waals surface area (Å²) in [6.45, 7) is 0. The first-order chi connectivity index (χ1) is 31.2. The Bertz CT molecular complexity index is 3640. The molecule has 0 aliphatic rings. The fourth-order valence-electron chi connectivity index (χ4n) is 9.10. The molecule has 0 bridgehead atoms. The molecule has 12 rings (SSSR count). The van der Waals surface area contributed by atoms with Crippen molar-refractivity contribution in [1.29, 1.82) is 0 Å². The van der Waals surface area contributed by atoms with Crippen LogP contribution in [0.1, 0.15) is 0 Å². The SMILES string of the molecule is c1ccc(-c2ccc(-c3cc(-c4cccc(-c5ccc6c(c5)c5cc7nc(-c8ccccc8)c8ccccc8c7cc5n6-c5ccccc5)c4)nc(-c4ccccc4)n3)cc2)cc1. The fraction of sp³-hybridized carbons (Fsp3) is 0. The molecule has 0 aliphatic carbocycles. The molecule has 63 heavy (non-hydrogen) atoms. The van der Waals surface area contributed by atoms with E-state index in [0.29, 0.717) is 5.82 Å². The minimum Gasteiger partial charge on any atom is -0.309 e. The molecule has 0 spiro atoms. The molecule has 4 nitrogen and oxygen atoms in total. The van der Waals surface area contributed by atoms with Crippen molar-refractivity contribution in [3.05, 3.63) is 231 Å². The van der Waals surface area contributed by atoms with Gasteiger partial charge in [-0.25, -0.2) is 15.0 Å². The molecule has 0 N–H and O–H groups in total. The van der Waals surface area contributed by atoms with E-state index in [1.54, 1.807) is 0 Å². The van der Waals surface area contributed by atoms with E-state index in [1.807, 2.05) is 24.3 Å². The lowest BCUT2D eigenvalue weighted by Crippen LogP contribution is -1.96. The van der Waals surface area contributed by atoms with Crippen molar-refractivity contribution in [2.45, 2.75) is 0 Å². The highest BCUT2D eigenvalue weighted by molar-refractivity contribution is 6.19. The molecule has 0 atom stereocenters. The summed E-state index contributed by atoms with van der Waals surface area (Å²) in [7, 11) is 0. The van der Waals surface area contributed by atoms with Gasteiger partial charge in [-0.2, -0.15) is 0 Å². The second-order valence-corrected chi connectivity index (χ2v) is 16.0. The van der Waals surface area contributed by atoms with Crippen molar-refractivity contribution in [2.24, 2.45) is 0 Å². The zero-order valence-corrected chi connectivity index (χ0v) is 34.2. The third-order valence-electron chi connectivity index (χ3n) is 12.2. The lowest BCUT2D eigenvalue weighted by atomic mass is 9.97. The molecule has 3 aromatic heterocycles. The number of hydrogen-bond donors (Lipinski definition) is 0. The van der Waals surface area contributed by atoms with E-state index < -0.39 is 0 Å². The molecule has 4 heteroatoms. The minimum atomic E-state index is 0.694. The second kappa shape index (κ2) is 15.2. The van der Waals surface area contributed by atoms with E-state index in [-0.39, 0.29) is 0 Å². The maximum absolute atomic E-state index is 5.39. The van der Waals surface area contributed by atoms with Gasteiger partial charge in [0.15, 0.2) is 5.82 Å². The minimum absolute atomic E-state index is 0.694. The van der Waals surface area contributed by atoms with Gasteiger partial charge < -0.3 is 4.57 Å². The van der Waals surface area contributed by atoms with E-state index in [9.17, 15) is 0 Å². The van der Waals surface area contributed by atoms with Gasteiger partial charge in [0.2, 0.25) is 0 Å². The van der Waals surface area contributed by atoms with Gasteiger partial charge in [-0.05, 0) is 76.2 Å². The molecule has 9 aromatic carbocycles. The molecule has 0 unspecified atom stereocenters. The summed E-state index contributed by atoms with van der Waals surface area (Å²) in [5, 5.41) is 5.81. The Morgan fingerprint density at radius 2 is 0.794 bits per heavy atom. The normalized spacial score (nSPS) is 11.5. The van der Waals surface area contributed by atoms with Crippen LogP contribution in [0.4, 0.5) is 0 Å². The van der Waals surface area contributed by atoms with Gasteiger partial charge in [-0.15, -0.1) is 0 Å². The molecule has 0 aliphatic heterocycles. The zero-order chi connectivity index (χ0) is 41.7. The number of fused-ring (bicyclic) bond motifs is 6. The van der Waals surface area contributed by atoms with Crippen LogP contribution in [-0.2, 0) is 0 Å². The van der Waals surface area contributed by atoms with Crippen LogP contribution < -0.4 is 0 Å². The first-order valence-corrected chi connectivity index (χ1v) is 21.3. The quantitative estimate of drug-likeness (QED) is 0.151. The number of para-hydroxylation sites is 1. The van der Waals surface area contributed by atoms with Gasteiger partial charge in [0.05, 0.1) is 33.6 Å². The van der Waals surface area contributed by atoms with E-state index in [2.05, 4.69) is 211 Å². The lowest BCUT2D eigenvalue weighted by Gasteiger charge is -2.12. The van der Waals surface area contributed by atoms with Gasteiger partial charge >= 0.3 is 0 Å². The van der Waals surface area contributed by atoms with Crippen LogP contribution in [0.5, 0.6) is 0 Å². The number of pyridine rings is 1. The summed E-state index contributed by atoms with van der Waals surface area (Å²) in [5.41, 5.74) is 15.9. The van der Waals surface area contributed by atoms with E-state index >= 15 is 0 Å². The third-order valence-corrected chi connectivity index (χ3v) is 12.2. The third kappa shape index (κ3) is 6.53. The standard InChI is InChI=1S/C59H38N4/c1-5-16-39(17-6-1)40-28-30-41(31-29-40)53-38-54(62-59(61-53)43-20-9-3-10-21-43)46-23-15-22-44(34-46)45-32-33-56-51(35-45)52-36-55-50(37-57(52)63(56)47-24-11-4-12-25-47)48-26-13-14-27-49(48)58(60-55)42-18-7-2-8-19-42/h1-38H. The number of benzene rings is 9. The molecule has 12 aromatic rings. The summed E-state index contributed by atoms with van der Waals surface area (Å²) in [6.07, 6.45) is 0. The Hall–Kier alpha value is -8.47. The second-order valence-electron chi connectivity index (χ2n) is 16.0. The monoisotopic (exact) mass is 802 g/mol. The van der Waals surface area contributed by atoms with Gasteiger partial charge in [0, 0.05) is 49.5 Å². The van der Waals surface area contributed by atoms with Crippen molar-refractivity contribution in [3.8, 4) is 73.1 Å². The van der Waals surface area contributed by atoms with Crippen molar-refractivity contribution in [2.75, 3.05) is 0 Å². The summed E-state index contributed by atoms with van der Waals surface area (Å²) in [4.78, 5) is 15.7. The average molecular weight is 803 g/mol. The molecule has 0 saturated carbocycles. The molecule has 0 saturated heterocycles. The van der Waals surface area contributed by atoms with Crippen LogP contribution in [0, 0.1) is 0 Å². The molecule has 294 valence electrons. The van der Waals surface area contributed by atoms with Gasteiger partial charge in [0.25, 0.3) is 0 Å². The number of aromatic nitrogens is 4. The number of nitrogens with zero attached hydrogens (tertiary/aromatic N) is 4. The zero-order valence-electron chi connectivity index (χ0n) is 34.2. The average Bonchev–Trinajstić information content (AvgIpc) is 3.69. The van der Waals surface area contributed by atoms with E-state index in [4.69, 9.17) is 15.0 Å². The predicted octanol–water partition coefficient (Wildman–Crippen LogP) is 15.3. The van der Waals surface area contributed by atoms with Crippen molar-refractivity contribution >= 4 is 43.5 Å². The summed E-state index contributed by atoms with van der Waals surface area (Å²) >= 11 is 0. The Morgan fingerprint density at radius 3 is 1.52 bits per heavy atom. The highest BCUT2D eigenvalue weighted by Gasteiger charge is 2.18. The van der Waals surface area contributed by atoms with Crippen molar-refractivity contribution < 1.29 is 0 Å². The Balaban J connectivity index is 1.01. The maximum Gasteiger partial charge on any atom is 0.160 e. The first-order valence-electron chi connectivity index (χ1n) is 21.3. The number of hydrogen-bond acceptors (Lipinski definition) is 3. The first kappa shape index (κ1) is 36.4. The highest BCUT2D eigenvalue weighted by Crippen LogP contribution is 2.41. The van der Waals surface area contributed by atoms with Crippen molar-refractivity contribution in [3.63, 3.8) is 0 Å². The highest BCUT2D eigenvalue weighted by atomic mass is 15.0. The van der Waals surface area contributed by atoms with Crippen LogP contribution in [0.2, 0.25) is 0 Å². The van der Waals surface area contributed by atoms with E-state index in [0.717, 1.165) is 88.9 Å². The molecule has 3 heterocycles. The van der Waals surface area contributed by atoms with Crippen molar-refractivity contribution in [1.82, 2.24) is 19.5 Å². The van der Waals surface area contributed by atoms with Crippen LogP contribution in [-0.4, -0.2) is 19.5 Å². The summed E-state index contributed by atoms with van der Waals surface area (Å²) in [6, 6.07) is 81.5. The lowest BCUT2D eigenvalue weighted by molar-refractivity contribution is 1.18. The molecule has 0 amide bonds. The fourth-order valence-corrected chi connectivity index (χ4v) is 9.10. The largest absolute Gasteiger partial charge is 0.309 e. The summed E-state index contributed by atoms with van der Waals surface area (Å²) < 4.78 is 2.39. The Morgan fingerprint density at radius 1 is 0.270 bits per heavy atom.